The van der Waals surface area contributed by atoms with Crippen molar-refractivity contribution in [2.75, 3.05) is 7.11 Å². The molecule has 1 atom stereocenters. The first-order valence-electron chi connectivity index (χ1n) is 3.31. The Morgan fingerprint density at radius 2 is 1.73 bits per heavy atom. The molecule has 11 heavy (non-hydrogen) atoms. The van der Waals surface area contributed by atoms with E-state index in [4.69, 9.17) is 9.47 Å². The Hall–Kier alpha value is -0.570. The summed E-state index contributed by atoms with van der Waals surface area (Å²) in [6.45, 7) is 5.27. The van der Waals surface area contributed by atoms with Gasteiger partial charge in [-0.2, -0.15) is 0 Å². The maximum atomic E-state index is 10.8. The quantitative estimate of drug-likeness (QED) is 0.591. The second kappa shape index (κ2) is 6.16. The molecule has 0 fully saturated rings. The SMILES string of the molecule is C.COC(C)C(=O)OC(C)C. The Morgan fingerprint density at radius 1 is 1.27 bits per heavy atom. The third-order valence-corrected chi connectivity index (χ3v) is 1.04. The number of carbonyl (C=O) groups excluding carboxylic acids is 1. The lowest BCUT2D eigenvalue weighted by Crippen LogP contribution is -2.24. The Bertz CT molecular complexity index is 110. The van der Waals surface area contributed by atoms with Crippen molar-refractivity contribution in [1.82, 2.24) is 0 Å². The highest BCUT2D eigenvalue weighted by atomic mass is 16.6. The van der Waals surface area contributed by atoms with Crippen LogP contribution >= 0.6 is 0 Å². The molecule has 0 rings (SSSR count). The summed E-state index contributed by atoms with van der Waals surface area (Å²) in [4.78, 5) is 10.8. The van der Waals surface area contributed by atoms with Crippen LogP contribution in [0.4, 0.5) is 0 Å². The van der Waals surface area contributed by atoms with E-state index in [1.807, 2.05) is 0 Å². The molecule has 0 N–H and O–H groups in total. The number of methoxy groups -OCH3 is 1. The number of hydrogen-bond donors (Lipinski definition) is 0. The molecule has 0 aliphatic carbocycles. The van der Waals surface area contributed by atoms with Gasteiger partial charge < -0.3 is 9.47 Å². The van der Waals surface area contributed by atoms with Crippen LogP contribution in [0, 0.1) is 0 Å². The van der Waals surface area contributed by atoms with Gasteiger partial charge in [0.05, 0.1) is 6.10 Å². The van der Waals surface area contributed by atoms with E-state index < -0.39 is 6.10 Å². The highest BCUT2D eigenvalue weighted by molar-refractivity contribution is 5.74. The van der Waals surface area contributed by atoms with E-state index in [-0.39, 0.29) is 19.5 Å². The fraction of sp³-hybridized carbons (Fsp3) is 0.875. The molecule has 0 heterocycles. The summed E-state index contributed by atoms with van der Waals surface area (Å²) in [6.07, 6.45) is -0.521. The molecule has 1 unspecified atom stereocenters. The zero-order chi connectivity index (χ0) is 8.15. The lowest BCUT2D eigenvalue weighted by atomic mass is 10.4. The topological polar surface area (TPSA) is 35.5 Å². The third kappa shape index (κ3) is 5.85. The monoisotopic (exact) mass is 162 g/mol. The molecule has 0 saturated heterocycles. The minimum atomic E-state index is -0.456. The van der Waals surface area contributed by atoms with Gasteiger partial charge in [-0.1, -0.05) is 7.43 Å². The van der Waals surface area contributed by atoms with Gasteiger partial charge in [0.25, 0.3) is 0 Å². The molecule has 68 valence electrons. The second-order valence-corrected chi connectivity index (χ2v) is 2.36. The highest BCUT2D eigenvalue weighted by Gasteiger charge is 2.13. The van der Waals surface area contributed by atoms with Gasteiger partial charge >= 0.3 is 5.97 Å². The van der Waals surface area contributed by atoms with Crippen LogP contribution in [0.1, 0.15) is 28.2 Å². The molecule has 0 amide bonds. The summed E-state index contributed by atoms with van der Waals surface area (Å²) >= 11 is 0. The predicted molar refractivity (Wildman–Crippen MR) is 44.4 cm³/mol. The van der Waals surface area contributed by atoms with Crippen LogP contribution < -0.4 is 0 Å². The summed E-state index contributed by atoms with van der Waals surface area (Å²) in [5, 5.41) is 0. The van der Waals surface area contributed by atoms with Crippen molar-refractivity contribution in [3.8, 4) is 0 Å². The molecule has 3 heteroatoms. The fourth-order valence-electron chi connectivity index (χ4n) is 0.424. The highest BCUT2D eigenvalue weighted by Crippen LogP contribution is 1.95. The van der Waals surface area contributed by atoms with E-state index in [9.17, 15) is 4.79 Å². The van der Waals surface area contributed by atoms with Crippen LogP contribution in [-0.2, 0) is 14.3 Å². The van der Waals surface area contributed by atoms with Gasteiger partial charge in [-0.05, 0) is 20.8 Å². The standard InChI is InChI=1S/C7H14O3.CH4/c1-5(2)10-7(8)6(3)9-4;/h5-6H,1-4H3;1H4. The zero-order valence-corrected chi connectivity index (χ0v) is 6.88. The summed E-state index contributed by atoms with van der Waals surface area (Å²) < 4.78 is 9.58. The van der Waals surface area contributed by atoms with E-state index >= 15 is 0 Å². The Balaban J connectivity index is 0. The maximum Gasteiger partial charge on any atom is 0.335 e. The van der Waals surface area contributed by atoms with Gasteiger partial charge in [-0.3, -0.25) is 0 Å². The van der Waals surface area contributed by atoms with Crippen molar-refractivity contribution < 1.29 is 14.3 Å². The van der Waals surface area contributed by atoms with Gasteiger partial charge in [0.2, 0.25) is 0 Å². The van der Waals surface area contributed by atoms with Crippen LogP contribution in [-0.4, -0.2) is 25.3 Å². The van der Waals surface area contributed by atoms with E-state index in [0.29, 0.717) is 0 Å². The molecular weight excluding hydrogens is 144 g/mol. The van der Waals surface area contributed by atoms with Crippen LogP contribution in [0.2, 0.25) is 0 Å². The third-order valence-electron chi connectivity index (χ3n) is 1.04. The van der Waals surface area contributed by atoms with Crippen molar-refractivity contribution in [1.29, 1.82) is 0 Å². The van der Waals surface area contributed by atoms with Gasteiger partial charge in [0, 0.05) is 7.11 Å². The average molecular weight is 162 g/mol. The normalized spacial score (nSPS) is 12.1. The number of esters is 1. The summed E-state index contributed by atoms with van der Waals surface area (Å²) in [7, 11) is 1.48. The number of hydrogen-bond acceptors (Lipinski definition) is 3. The van der Waals surface area contributed by atoms with Gasteiger partial charge in [0.15, 0.2) is 6.10 Å². The van der Waals surface area contributed by atoms with E-state index in [1.54, 1.807) is 20.8 Å². The number of ether oxygens (including phenoxy) is 2. The minimum absolute atomic E-state index is 0. The number of carbonyl (C=O) groups is 1. The van der Waals surface area contributed by atoms with Gasteiger partial charge in [-0.15, -0.1) is 0 Å². The molecular formula is C8H18O3. The summed E-state index contributed by atoms with van der Waals surface area (Å²) in [5.41, 5.74) is 0. The molecule has 0 aromatic carbocycles. The smallest absolute Gasteiger partial charge is 0.335 e. The first-order valence-corrected chi connectivity index (χ1v) is 3.31. The molecule has 0 spiro atoms. The predicted octanol–water partition coefficient (Wildman–Crippen LogP) is 1.61. The van der Waals surface area contributed by atoms with Crippen LogP contribution in [0.3, 0.4) is 0 Å². The zero-order valence-electron chi connectivity index (χ0n) is 6.88. The van der Waals surface area contributed by atoms with Crippen LogP contribution in [0.25, 0.3) is 0 Å². The van der Waals surface area contributed by atoms with Crippen molar-refractivity contribution in [3.63, 3.8) is 0 Å². The van der Waals surface area contributed by atoms with Gasteiger partial charge in [-0.25, -0.2) is 4.79 Å². The second-order valence-electron chi connectivity index (χ2n) is 2.36. The molecule has 3 nitrogen and oxygen atoms in total. The summed E-state index contributed by atoms with van der Waals surface area (Å²) in [6, 6.07) is 0. The maximum absolute atomic E-state index is 10.8. The van der Waals surface area contributed by atoms with Crippen LogP contribution in [0.5, 0.6) is 0 Å². The molecule has 0 aliphatic rings. The Morgan fingerprint density at radius 3 is 2.00 bits per heavy atom. The molecule has 0 radical (unpaired) electrons. The lowest BCUT2D eigenvalue weighted by molar-refractivity contribution is -0.158. The lowest BCUT2D eigenvalue weighted by Gasteiger charge is -2.11. The molecule has 0 aromatic heterocycles. The molecule has 0 saturated carbocycles. The van der Waals surface area contributed by atoms with Crippen LogP contribution in [0.15, 0.2) is 0 Å². The molecule has 0 bridgehead atoms. The Labute approximate surface area is 68.7 Å². The first-order chi connectivity index (χ1) is 4.57. The van der Waals surface area contributed by atoms with Gasteiger partial charge in [0.1, 0.15) is 0 Å². The first kappa shape index (κ1) is 13.1. The number of rotatable bonds is 3. The average Bonchev–Trinajstić information content (AvgIpc) is 1.85. The van der Waals surface area contributed by atoms with E-state index in [0.717, 1.165) is 0 Å². The molecule has 0 aliphatic heterocycles. The Kier molecular flexibility index (Phi) is 7.31. The summed E-state index contributed by atoms with van der Waals surface area (Å²) in [5.74, 6) is -0.308. The van der Waals surface area contributed by atoms with Crippen molar-refractivity contribution in [3.05, 3.63) is 0 Å². The van der Waals surface area contributed by atoms with E-state index in [2.05, 4.69) is 0 Å². The van der Waals surface area contributed by atoms with Crippen molar-refractivity contribution in [2.24, 2.45) is 0 Å². The van der Waals surface area contributed by atoms with Crippen molar-refractivity contribution in [2.45, 2.75) is 40.4 Å². The van der Waals surface area contributed by atoms with Crippen molar-refractivity contribution >= 4 is 5.97 Å². The fourth-order valence-corrected chi connectivity index (χ4v) is 0.424. The minimum Gasteiger partial charge on any atom is -0.461 e. The van der Waals surface area contributed by atoms with E-state index in [1.165, 1.54) is 7.11 Å². The largest absolute Gasteiger partial charge is 0.461 e. The molecule has 0 aromatic rings.